The first-order valence-corrected chi connectivity index (χ1v) is 12.1. The molecular weight excluding hydrogens is 448 g/mol. The second-order valence-electron chi connectivity index (χ2n) is 8.34. The van der Waals surface area contributed by atoms with Gasteiger partial charge in [0.05, 0.1) is 5.75 Å². The Morgan fingerprint density at radius 3 is 2.84 bits per heavy atom. The average molecular weight is 471 g/mol. The highest BCUT2D eigenvalue weighted by atomic mass is 35.5. The minimum Gasteiger partial charge on any atom is -0.416 e. The van der Waals surface area contributed by atoms with Crippen molar-refractivity contribution in [3.05, 3.63) is 62.9 Å². The molecule has 2 aliphatic rings. The van der Waals surface area contributed by atoms with E-state index in [2.05, 4.69) is 10.2 Å². The van der Waals surface area contributed by atoms with E-state index in [9.17, 15) is 9.59 Å². The molecule has 0 spiro atoms. The van der Waals surface area contributed by atoms with Crippen LogP contribution in [-0.4, -0.2) is 37.9 Å². The zero-order chi connectivity index (χ0) is 22.2. The number of aryl methyl sites for hydroxylation is 1. The number of rotatable bonds is 6. The predicted molar refractivity (Wildman–Crippen MR) is 123 cm³/mol. The number of thioether (sulfide) groups is 1. The first-order chi connectivity index (χ1) is 15.5. The Bertz CT molecular complexity index is 1230. The van der Waals surface area contributed by atoms with Gasteiger partial charge < -0.3 is 13.9 Å². The summed E-state index contributed by atoms with van der Waals surface area (Å²) in [7, 11) is 0. The van der Waals surface area contributed by atoms with Crippen LogP contribution in [0.5, 0.6) is 0 Å². The number of fused-ring (bicyclic) bond motifs is 1. The van der Waals surface area contributed by atoms with Crippen LogP contribution in [-0.2, 0) is 24.3 Å². The van der Waals surface area contributed by atoms with Crippen LogP contribution >= 0.6 is 23.4 Å². The third-order valence-electron chi connectivity index (χ3n) is 5.92. The molecule has 9 heteroatoms. The molecule has 1 fully saturated rings. The molecule has 3 aromatic rings. The first-order valence-electron chi connectivity index (χ1n) is 10.7. The van der Waals surface area contributed by atoms with Crippen molar-refractivity contribution in [2.45, 2.75) is 44.5 Å². The third kappa shape index (κ3) is 4.47. The number of nitrogens with zero attached hydrogens (tertiary/aromatic N) is 4. The lowest BCUT2D eigenvalue weighted by Gasteiger charge is -2.31. The number of benzene rings is 1. The summed E-state index contributed by atoms with van der Waals surface area (Å²) >= 11 is 7.44. The van der Waals surface area contributed by atoms with Gasteiger partial charge in [-0.25, -0.2) is 0 Å². The number of amides is 1. The molecule has 1 aliphatic heterocycles. The molecule has 0 radical (unpaired) electrons. The molecule has 2 aromatic heterocycles. The minimum atomic E-state index is 0.0146. The molecule has 32 heavy (non-hydrogen) atoms. The number of halogens is 1. The van der Waals surface area contributed by atoms with Gasteiger partial charge in [0, 0.05) is 49.3 Å². The van der Waals surface area contributed by atoms with Crippen LogP contribution < -0.4 is 5.56 Å². The summed E-state index contributed by atoms with van der Waals surface area (Å²) in [6, 6.07) is 9.33. The molecule has 3 heterocycles. The standard InChI is InChI=1S/C23H23ClN4O3S/c1-14-25-26-23(31-14)32-13-21(29)27-8-7-20-17(12-27)10-19(16-3-2-4-18(24)9-16)22(30)28(20)11-15-5-6-15/h2-4,9-10,15H,5-8,11-13H2,1H3. The summed E-state index contributed by atoms with van der Waals surface area (Å²) < 4.78 is 7.29. The SMILES string of the molecule is Cc1nnc(SCC(=O)N2CCc3c(cc(-c4cccc(Cl)c4)c(=O)n3CC3CC3)C2)o1. The highest BCUT2D eigenvalue weighted by molar-refractivity contribution is 7.99. The van der Waals surface area contributed by atoms with Crippen molar-refractivity contribution in [1.82, 2.24) is 19.7 Å². The fourth-order valence-corrected chi connectivity index (χ4v) is 5.00. The van der Waals surface area contributed by atoms with E-state index in [1.807, 2.05) is 33.7 Å². The van der Waals surface area contributed by atoms with Gasteiger partial charge in [-0.3, -0.25) is 9.59 Å². The maximum atomic E-state index is 13.4. The molecule has 0 N–H and O–H groups in total. The molecule has 5 rings (SSSR count). The molecular formula is C23H23ClN4O3S. The summed E-state index contributed by atoms with van der Waals surface area (Å²) in [5, 5.41) is 8.72. The van der Waals surface area contributed by atoms with E-state index in [0.717, 1.165) is 23.4 Å². The number of aromatic nitrogens is 3. The highest BCUT2D eigenvalue weighted by Gasteiger charge is 2.29. The zero-order valence-corrected chi connectivity index (χ0v) is 19.3. The third-order valence-corrected chi connectivity index (χ3v) is 6.96. The molecule has 7 nitrogen and oxygen atoms in total. The Kier molecular flexibility index (Phi) is 5.82. The molecule has 166 valence electrons. The molecule has 1 amide bonds. The van der Waals surface area contributed by atoms with E-state index in [-0.39, 0.29) is 17.2 Å². The van der Waals surface area contributed by atoms with Crippen LogP contribution in [0.1, 0.15) is 30.0 Å². The van der Waals surface area contributed by atoms with Crippen molar-refractivity contribution >= 4 is 29.3 Å². The van der Waals surface area contributed by atoms with Crippen molar-refractivity contribution in [2.75, 3.05) is 12.3 Å². The summed E-state index contributed by atoms with van der Waals surface area (Å²) in [5.74, 6) is 1.30. The topological polar surface area (TPSA) is 81.2 Å². The van der Waals surface area contributed by atoms with Gasteiger partial charge in [0.25, 0.3) is 10.8 Å². The van der Waals surface area contributed by atoms with Gasteiger partial charge in [-0.2, -0.15) is 0 Å². The van der Waals surface area contributed by atoms with E-state index < -0.39 is 0 Å². The molecule has 1 aromatic carbocycles. The van der Waals surface area contributed by atoms with Gasteiger partial charge >= 0.3 is 0 Å². The maximum Gasteiger partial charge on any atom is 0.277 e. The van der Waals surface area contributed by atoms with Gasteiger partial charge in [-0.1, -0.05) is 35.5 Å². The van der Waals surface area contributed by atoms with Gasteiger partial charge in [-0.05, 0) is 48.1 Å². The molecule has 1 saturated carbocycles. The zero-order valence-electron chi connectivity index (χ0n) is 17.7. The van der Waals surface area contributed by atoms with E-state index in [0.29, 0.717) is 47.1 Å². The molecule has 0 atom stereocenters. The largest absolute Gasteiger partial charge is 0.416 e. The fraction of sp³-hybridized carbons (Fsp3) is 0.391. The van der Waals surface area contributed by atoms with Crippen LogP contribution in [0.25, 0.3) is 11.1 Å². The Labute approximate surface area is 194 Å². The van der Waals surface area contributed by atoms with Gasteiger partial charge in [0.2, 0.25) is 11.8 Å². The number of hydrogen-bond donors (Lipinski definition) is 0. The molecule has 0 saturated heterocycles. The lowest BCUT2D eigenvalue weighted by molar-refractivity contribution is -0.129. The Morgan fingerprint density at radius 2 is 2.12 bits per heavy atom. The Hall–Kier alpha value is -2.58. The summed E-state index contributed by atoms with van der Waals surface area (Å²) in [6.45, 7) is 3.54. The van der Waals surface area contributed by atoms with Crippen LogP contribution in [0, 0.1) is 12.8 Å². The lowest BCUT2D eigenvalue weighted by atomic mass is 9.99. The monoisotopic (exact) mass is 470 g/mol. The van der Waals surface area contributed by atoms with E-state index in [1.54, 1.807) is 13.0 Å². The van der Waals surface area contributed by atoms with Gasteiger partial charge in [0.15, 0.2) is 0 Å². The lowest BCUT2D eigenvalue weighted by Crippen LogP contribution is -2.40. The smallest absolute Gasteiger partial charge is 0.277 e. The summed E-state index contributed by atoms with van der Waals surface area (Å²) in [5.41, 5.74) is 3.55. The number of carbonyl (C=O) groups excluding carboxylic acids is 1. The first kappa shape index (κ1) is 21.3. The van der Waals surface area contributed by atoms with E-state index >= 15 is 0 Å². The summed E-state index contributed by atoms with van der Waals surface area (Å²) in [4.78, 5) is 28.1. The van der Waals surface area contributed by atoms with E-state index in [4.69, 9.17) is 16.0 Å². The van der Waals surface area contributed by atoms with Crippen LogP contribution in [0.4, 0.5) is 0 Å². The van der Waals surface area contributed by atoms with E-state index in [1.165, 1.54) is 24.6 Å². The van der Waals surface area contributed by atoms with Crippen molar-refractivity contribution in [1.29, 1.82) is 0 Å². The quantitative estimate of drug-likeness (QED) is 0.507. The second-order valence-corrected chi connectivity index (χ2v) is 9.70. The van der Waals surface area contributed by atoms with Crippen molar-refractivity contribution in [2.24, 2.45) is 5.92 Å². The molecule has 0 unspecified atom stereocenters. The number of hydrogen-bond acceptors (Lipinski definition) is 6. The van der Waals surface area contributed by atoms with Crippen molar-refractivity contribution in [3.8, 4) is 11.1 Å². The fourth-order valence-electron chi connectivity index (χ4n) is 4.10. The molecule has 0 bridgehead atoms. The Balaban J connectivity index is 1.43. The normalized spacial score (nSPS) is 15.6. The highest BCUT2D eigenvalue weighted by Crippen LogP contribution is 2.32. The predicted octanol–water partition coefficient (Wildman–Crippen LogP) is 3.95. The molecule has 1 aliphatic carbocycles. The van der Waals surface area contributed by atoms with Crippen LogP contribution in [0.3, 0.4) is 0 Å². The number of carbonyl (C=O) groups is 1. The van der Waals surface area contributed by atoms with Crippen molar-refractivity contribution < 1.29 is 9.21 Å². The Morgan fingerprint density at radius 1 is 1.28 bits per heavy atom. The second kappa shape index (κ2) is 8.75. The van der Waals surface area contributed by atoms with Gasteiger partial charge in [-0.15, -0.1) is 10.2 Å². The summed E-state index contributed by atoms with van der Waals surface area (Å²) in [6.07, 6.45) is 3.00. The number of pyridine rings is 1. The van der Waals surface area contributed by atoms with Crippen molar-refractivity contribution in [3.63, 3.8) is 0 Å². The average Bonchev–Trinajstić information content (AvgIpc) is 3.51. The maximum absolute atomic E-state index is 13.4. The van der Waals surface area contributed by atoms with Crippen LogP contribution in [0.15, 0.2) is 44.8 Å². The minimum absolute atomic E-state index is 0.0146. The van der Waals surface area contributed by atoms with Gasteiger partial charge in [0.1, 0.15) is 0 Å². The van der Waals surface area contributed by atoms with Crippen LogP contribution in [0.2, 0.25) is 5.02 Å².